The Bertz CT molecular complexity index is 722. The third-order valence-corrected chi connectivity index (χ3v) is 3.91. The van der Waals surface area contributed by atoms with Gasteiger partial charge in [0.2, 0.25) is 0 Å². The van der Waals surface area contributed by atoms with E-state index in [0.29, 0.717) is 26.9 Å². The van der Waals surface area contributed by atoms with E-state index in [1.807, 2.05) is 0 Å². The van der Waals surface area contributed by atoms with Crippen molar-refractivity contribution < 1.29 is 13.5 Å². The Hall–Kier alpha value is -2.07. The summed E-state index contributed by atoms with van der Waals surface area (Å²) in [5.41, 5.74) is 0.602. The van der Waals surface area contributed by atoms with Crippen molar-refractivity contribution in [2.75, 3.05) is 0 Å². The molecule has 2 aromatic carbocycles. The van der Waals surface area contributed by atoms with Crippen LogP contribution in [0.5, 0.6) is 5.75 Å². The highest BCUT2D eigenvalue weighted by Gasteiger charge is 2.18. The van der Waals surface area contributed by atoms with Gasteiger partial charge in [-0.3, -0.25) is 0 Å². The molecule has 0 saturated heterocycles. The quantitative estimate of drug-likeness (QED) is 0.768. The predicted molar refractivity (Wildman–Crippen MR) is 76.4 cm³/mol. The second-order valence-electron chi connectivity index (χ2n) is 4.25. The summed E-state index contributed by atoms with van der Waals surface area (Å²) in [6.45, 7) is 3.75. The zero-order chi connectivity index (χ0) is 14.1. The molecule has 0 fully saturated rings. The van der Waals surface area contributed by atoms with Crippen molar-refractivity contribution in [1.82, 2.24) is 0 Å². The largest absolute Gasteiger partial charge is 0.457 e. The van der Waals surface area contributed by atoms with E-state index in [-0.39, 0.29) is 11.6 Å². The zero-order valence-corrected chi connectivity index (χ0v) is 11.2. The monoisotopic (exact) mass is 288 g/mol. The number of allylic oxidation sites excluding steroid dienone is 1. The topological polar surface area (TPSA) is 9.23 Å². The first-order valence-corrected chi connectivity index (χ1v) is 6.76. The van der Waals surface area contributed by atoms with E-state index >= 15 is 0 Å². The minimum absolute atomic E-state index is 0.312. The maximum absolute atomic E-state index is 13.7. The zero-order valence-electron chi connectivity index (χ0n) is 10.4. The van der Waals surface area contributed by atoms with Gasteiger partial charge in [-0.05, 0) is 36.4 Å². The number of benzene rings is 2. The lowest BCUT2D eigenvalue weighted by Crippen LogP contribution is -2.01. The lowest BCUT2D eigenvalue weighted by atomic mass is 10.1. The molecule has 1 aliphatic rings. The Morgan fingerprint density at radius 1 is 1.05 bits per heavy atom. The Balaban J connectivity index is 2.03. The van der Waals surface area contributed by atoms with Crippen LogP contribution in [-0.4, -0.2) is 0 Å². The van der Waals surface area contributed by atoms with Gasteiger partial charge in [-0.2, -0.15) is 0 Å². The van der Waals surface area contributed by atoms with E-state index in [0.717, 1.165) is 0 Å². The van der Waals surface area contributed by atoms with Gasteiger partial charge >= 0.3 is 0 Å². The molecule has 0 atom stereocenters. The van der Waals surface area contributed by atoms with Crippen LogP contribution in [0.3, 0.4) is 0 Å². The molecular formula is C16H10F2OS. The van der Waals surface area contributed by atoms with Gasteiger partial charge in [0.05, 0.1) is 0 Å². The fraction of sp³-hybridized carbons (Fsp3) is 0. The van der Waals surface area contributed by atoms with Crippen LogP contribution in [0, 0.1) is 11.6 Å². The molecule has 0 saturated carbocycles. The minimum Gasteiger partial charge on any atom is -0.457 e. The summed E-state index contributed by atoms with van der Waals surface area (Å²) in [5, 5.41) is 0. The van der Waals surface area contributed by atoms with Gasteiger partial charge in [0, 0.05) is 15.4 Å². The van der Waals surface area contributed by atoms with Crippen molar-refractivity contribution in [1.29, 1.82) is 0 Å². The summed E-state index contributed by atoms with van der Waals surface area (Å²) >= 11 is 1.22. The molecule has 0 unspecified atom stereocenters. The second-order valence-corrected chi connectivity index (χ2v) is 5.33. The number of hydrogen-bond donors (Lipinski definition) is 0. The molecule has 20 heavy (non-hydrogen) atoms. The highest BCUT2D eigenvalue weighted by molar-refractivity contribution is 8.08. The van der Waals surface area contributed by atoms with Gasteiger partial charge in [-0.1, -0.05) is 30.5 Å². The van der Waals surface area contributed by atoms with Crippen LogP contribution in [0.2, 0.25) is 0 Å². The molecule has 0 bridgehead atoms. The molecule has 1 heterocycles. The van der Waals surface area contributed by atoms with Gasteiger partial charge < -0.3 is 4.74 Å². The lowest BCUT2D eigenvalue weighted by Gasteiger charge is -2.19. The predicted octanol–water partition coefficient (Wildman–Crippen LogP) is 5.00. The summed E-state index contributed by atoms with van der Waals surface area (Å²) in [4.78, 5) is 1.18. The van der Waals surface area contributed by atoms with Crippen LogP contribution >= 0.6 is 11.8 Å². The van der Waals surface area contributed by atoms with E-state index in [2.05, 4.69) is 6.58 Å². The smallest absolute Gasteiger partial charge is 0.137 e. The highest BCUT2D eigenvalue weighted by Crippen LogP contribution is 2.43. The first kappa shape index (κ1) is 12.9. The maximum Gasteiger partial charge on any atom is 0.137 e. The standard InChI is InChI=1S/C16H10F2OS/c1-10-8-16(20-15-5-3-2-4-13(15)18)12-9-11(17)6-7-14(12)19-10/h2-9H,1H2. The normalized spacial score (nSPS) is 13.5. The minimum atomic E-state index is -0.361. The Labute approximate surface area is 119 Å². The van der Waals surface area contributed by atoms with Crippen molar-refractivity contribution in [3.05, 3.63) is 78.1 Å². The van der Waals surface area contributed by atoms with Crippen molar-refractivity contribution in [2.45, 2.75) is 4.90 Å². The molecule has 100 valence electrons. The molecule has 0 aromatic heterocycles. The van der Waals surface area contributed by atoms with Gasteiger partial charge in [-0.25, -0.2) is 8.78 Å². The number of ether oxygens (including phenoxy) is 1. The van der Waals surface area contributed by atoms with Gasteiger partial charge in [0.1, 0.15) is 23.1 Å². The van der Waals surface area contributed by atoms with Gasteiger partial charge in [0.25, 0.3) is 0 Å². The fourth-order valence-corrected chi connectivity index (χ4v) is 2.92. The molecule has 0 amide bonds. The third kappa shape index (κ3) is 2.47. The van der Waals surface area contributed by atoms with Gasteiger partial charge in [0.15, 0.2) is 0 Å². The molecule has 1 nitrogen and oxygen atoms in total. The second kappa shape index (κ2) is 5.13. The Morgan fingerprint density at radius 3 is 2.65 bits per heavy atom. The molecule has 1 aliphatic heterocycles. The highest BCUT2D eigenvalue weighted by atomic mass is 32.2. The third-order valence-electron chi connectivity index (χ3n) is 2.80. The van der Waals surface area contributed by atoms with Crippen LogP contribution in [0.15, 0.2) is 65.8 Å². The average Bonchev–Trinajstić information content (AvgIpc) is 2.42. The summed E-state index contributed by atoms with van der Waals surface area (Å²) in [6.07, 6.45) is 1.68. The number of rotatable bonds is 2. The van der Waals surface area contributed by atoms with Crippen LogP contribution in [0.4, 0.5) is 8.78 Å². The number of hydrogen-bond acceptors (Lipinski definition) is 2. The molecular weight excluding hydrogens is 278 g/mol. The van der Waals surface area contributed by atoms with Crippen molar-refractivity contribution in [3.8, 4) is 5.75 Å². The molecule has 4 heteroatoms. The number of fused-ring (bicyclic) bond motifs is 1. The van der Waals surface area contributed by atoms with Crippen molar-refractivity contribution >= 4 is 16.7 Å². The van der Waals surface area contributed by atoms with E-state index in [9.17, 15) is 8.78 Å². The van der Waals surface area contributed by atoms with Gasteiger partial charge in [-0.15, -0.1) is 0 Å². The molecule has 3 rings (SSSR count). The Morgan fingerprint density at radius 2 is 1.85 bits per heavy atom. The fourth-order valence-electron chi connectivity index (χ4n) is 1.91. The van der Waals surface area contributed by atoms with E-state index in [1.54, 1.807) is 30.3 Å². The van der Waals surface area contributed by atoms with E-state index in [1.165, 1.54) is 30.0 Å². The summed E-state index contributed by atoms with van der Waals surface area (Å²) < 4.78 is 32.6. The van der Waals surface area contributed by atoms with Crippen molar-refractivity contribution in [3.63, 3.8) is 0 Å². The number of thioether (sulfide) groups is 1. The molecule has 0 spiro atoms. The van der Waals surface area contributed by atoms with Crippen LogP contribution in [-0.2, 0) is 0 Å². The molecule has 2 aromatic rings. The van der Waals surface area contributed by atoms with Crippen molar-refractivity contribution in [2.24, 2.45) is 0 Å². The molecule has 0 radical (unpaired) electrons. The number of halogens is 2. The van der Waals surface area contributed by atoms with Crippen LogP contribution < -0.4 is 4.74 Å². The first-order chi connectivity index (χ1) is 9.63. The van der Waals surface area contributed by atoms with Crippen LogP contribution in [0.25, 0.3) is 4.91 Å². The Kier molecular flexibility index (Phi) is 3.32. The van der Waals surface area contributed by atoms with E-state index < -0.39 is 0 Å². The summed E-state index contributed by atoms with van der Waals surface area (Å²) in [5.74, 6) is 0.300. The summed E-state index contributed by atoms with van der Waals surface area (Å²) in [6, 6.07) is 10.7. The van der Waals surface area contributed by atoms with E-state index in [4.69, 9.17) is 4.74 Å². The molecule has 0 N–H and O–H groups in total. The first-order valence-electron chi connectivity index (χ1n) is 5.94. The maximum atomic E-state index is 13.7. The average molecular weight is 288 g/mol. The molecule has 0 aliphatic carbocycles. The van der Waals surface area contributed by atoms with Crippen LogP contribution in [0.1, 0.15) is 5.56 Å². The SMILES string of the molecule is C=C1C=C(Sc2ccccc2F)c2cc(F)ccc2O1. The lowest BCUT2D eigenvalue weighted by molar-refractivity contribution is 0.440. The summed E-state index contributed by atoms with van der Waals surface area (Å²) in [7, 11) is 0.